The molecule has 1 aromatic carbocycles. The summed E-state index contributed by atoms with van der Waals surface area (Å²) in [6.45, 7) is 1.89. The minimum absolute atomic E-state index is 0.308. The number of aromatic nitrogens is 1. The summed E-state index contributed by atoms with van der Waals surface area (Å²) in [4.78, 5) is 26.4. The van der Waals surface area contributed by atoms with Gasteiger partial charge in [-0.3, -0.25) is 9.59 Å². The summed E-state index contributed by atoms with van der Waals surface area (Å²) in [5, 5.41) is 3.42. The van der Waals surface area contributed by atoms with E-state index in [4.69, 9.17) is 6.42 Å². The largest absolute Gasteiger partial charge is 0.338 e. The lowest BCUT2D eigenvalue weighted by atomic mass is 10.1. The van der Waals surface area contributed by atoms with Gasteiger partial charge >= 0.3 is 0 Å². The molecule has 1 unspecified atom stereocenters. The van der Waals surface area contributed by atoms with Crippen molar-refractivity contribution < 1.29 is 4.79 Å². The molecular formula is C15H14N2O2. The van der Waals surface area contributed by atoms with Gasteiger partial charge in [0.25, 0.3) is 5.91 Å². The molecular weight excluding hydrogens is 240 g/mol. The summed E-state index contributed by atoms with van der Waals surface area (Å²) < 4.78 is 0. The van der Waals surface area contributed by atoms with Crippen molar-refractivity contribution in [2.45, 2.75) is 19.4 Å². The van der Waals surface area contributed by atoms with Crippen LogP contribution in [0.4, 0.5) is 0 Å². The number of para-hydroxylation sites is 1. The Bertz CT molecular complexity index is 710. The summed E-state index contributed by atoms with van der Waals surface area (Å²) in [6, 6.07) is 8.13. The molecule has 1 amide bonds. The number of terminal acetylenes is 1. The lowest BCUT2D eigenvalue weighted by Gasteiger charge is -2.11. The van der Waals surface area contributed by atoms with Crippen molar-refractivity contribution in [1.82, 2.24) is 10.3 Å². The predicted molar refractivity (Wildman–Crippen MR) is 74.9 cm³/mol. The Morgan fingerprint density at radius 1 is 1.47 bits per heavy atom. The highest BCUT2D eigenvalue weighted by Gasteiger charge is 2.14. The van der Waals surface area contributed by atoms with Gasteiger partial charge in [-0.1, -0.05) is 31.0 Å². The Kier molecular flexibility index (Phi) is 3.67. The summed E-state index contributed by atoms with van der Waals surface area (Å²) >= 11 is 0. The fourth-order valence-electron chi connectivity index (χ4n) is 1.89. The van der Waals surface area contributed by atoms with Crippen LogP contribution in [0.2, 0.25) is 0 Å². The molecule has 2 N–H and O–H groups in total. The fraction of sp³-hybridized carbons (Fsp3) is 0.200. The Morgan fingerprint density at radius 3 is 2.89 bits per heavy atom. The monoisotopic (exact) mass is 254 g/mol. The average Bonchev–Trinajstić information content (AvgIpc) is 2.43. The zero-order chi connectivity index (χ0) is 13.8. The highest BCUT2D eigenvalue weighted by Crippen LogP contribution is 2.14. The minimum atomic E-state index is -0.328. The number of hydrogen-bond acceptors (Lipinski definition) is 2. The maximum absolute atomic E-state index is 12.2. The highest BCUT2D eigenvalue weighted by atomic mass is 16.2. The number of H-pyrrole nitrogens is 1. The molecule has 0 aliphatic carbocycles. The second kappa shape index (κ2) is 5.40. The van der Waals surface area contributed by atoms with E-state index in [0.29, 0.717) is 22.9 Å². The van der Waals surface area contributed by atoms with Crippen molar-refractivity contribution in [2.75, 3.05) is 0 Å². The number of aromatic amines is 1. The Morgan fingerprint density at radius 2 is 2.21 bits per heavy atom. The molecule has 0 saturated carbocycles. The zero-order valence-electron chi connectivity index (χ0n) is 10.6. The smallest absolute Gasteiger partial charge is 0.253 e. The summed E-state index contributed by atoms with van der Waals surface area (Å²) in [5.74, 6) is 2.17. The maximum Gasteiger partial charge on any atom is 0.253 e. The summed E-state index contributed by atoms with van der Waals surface area (Å²) in [6.07, 6.45) is 5.96. The number of benzene rings is 1. The molecule has 0 radical (unpaired) electrons. The van der Waals surface area contributed by atoms with Crippen molar-refractivity contribution in [3.63, 3.8) is 0 Å². The van der Waals surface area contributed by atoms with E-state index in [9.17, 15) is 9.59 Å². The van der Waals surface area contributed by atoms with Gasteiger partial charge in [-0.05, 0) is 12.5 Å². The van der Waals surface area contributed by atoms with Gasteiger partial charge in [-0.2, -0.15) is 0 Å². The van der Waals surface area contributed by atoms with Gasteiger partial charge in [0.05, 0.1) is 11.6 Å². The Labute approximate surface area is 110 Å². The first-order valence-corrected chi connectivity index (χ1v) is 6.04. The normalized spacial score (nSPS) is 11.8. The first kappa shape index (κ1) is 12.9. The van der Waals surface area contributed by atoms with E-state index >= 15 is 0 Å². The molecule has 0 aliphatic rings. The average molecular weight is 254 g/mol. The van der Waals surface area contributed by atoms with Gasteiger partial charge in [-0.25, -0.2) is 0 Å². The maximum atomic E-state index is 12.2. The number of hydrogen-bond donors (Lipinski definition) is 2. The zero-order valence-corrected chi connectivity index (χ0v) is 10.6. The van der Waals surface area contributed by atoms with E-state index < -0.39 is 0 Å². The number of nitrogens with one attached hydrogen (secondary N) is 2. The van der Waals surface area contributed by atoms with E-state index in [-0.39, 0.29) is 17.5 Å². The molecule has 1 aromatic heterocycles. The van der Waals surface area contributed by atoms with Crippen LogP contribution in [0.5, 0.6) is 0 Å². The van der Waals surface area contributed by atoms with Gasteiger partial charge < -0.3 is 10.3 Å². The number of fused-ring (bicyclic) bond motifs is 1. The van der Waals surface area contributed by atoms with E-state index in [0.717, 1.165) is 0 Å². The van der Waals surface area contributed by atoms with Crippen molar-refractivity contribution in [3.05, 3.63) is 46.2 Å². The number of amides is 1. The lowest BCUT2D eigenvalue weighted by molar-refractivity contribution is 0.0946. The number of rotatable bonds is 3. The van der Waals surface area contributed by atoms with Crippen LogP contribution in [-0.2, 0) is 0 Å². The van der Waals surface area contributed by atoms with Gasteiger partial charge in [0.15, 0.2) is 0 Å². The van der Waals surface area contributed by atoms with Gasteiger partial charge in [-0.15, -0.1) is 6.42 Å². The number of pyridine rings is 1. The molecule has 0 fully saturated rings. The van der Waals surface area contributed by atoms with E-state index in [2.05, 4.69) is 16.2 Å². The van der Waals surface area contributed by atoms with Crippen molar-refractivity contribution in [1.29, 1.82) is 0 Å². The van der Waals surface area contributed by atoms with Gasteiger partial charge in [0, 0.05) is 17.0 Å². The molecule has 0 spiro atoms. The second-order valence-corrected chi connectivity index (χ2v) is 4.19. The van der Waals surface area contributed by atoms with Crippen LogP contribution >= 0.6 is 0 Å². The van der Waals surface area contributed by atoms with E-state index in [1.807, 2.05) is 13.0 Å². The third kappa shape index (κ3) is 2.66. The first-order valence-electron chi connectivity index (χ1n) is 6.04. The first-order chi connectivity index (χ1) is 9.15. The minimum Gasteiger partial charge on any atom is -0.338 e. The third-order valence-electron chi connectivity index (χ3n) is 2.91. The lowest BCUT2D eigenvalue weighted by Crippen LogP contribution is -2.33. The molecule has 0 bridgehead atoms. The second-order valence-electron chi connectivity index (χ2n) is 4.19. The highest BCUT2D eigenvalue weighted by molar-refractivity contribution is 6.06. The van der Waals surface area contributed by atoms with Gasteiger partial charge in [0.1, 0.15) is 0 Å². The quantitative estimate of drug-likeness (QED) is 0.818. The van der Waals surface area contributed by atoms with Crippen LogP contribution < -0.4 is 10.9 Å². The molecule has 4 heteroatoms. The predicted octanol–water partition coefficient (Wildman–Crippen LogP) is 1.67. The van der Waals surface area contributed by atoms with Crippen LogP contribution in [0.25, 0.3) is 10.9 Å². The molecule has 0 saturated heterocycles. The van der Waals surface area contributed by atoms with E-state index in [1.165, 1.54) is 6.07 Å². The number of carbonyl (C=O) groups excluding carboxylic acids is 1. The van der Waals surface area contributed by atoms with Crippen LogP contribution in [0, 0.1) is 12.3 Å². The summed E-state index contributed by atoms with van der Waals surface area (Å²) in [7, 11) is 0. The van der Waals surface area contributed by atoms with Crippen LogP contribution in [0.15, 0.2) is 35.1 Å². The molecule has 2 aromatic rings. The SMILES string of the molecule is C#CC(CC)NC(=O)c1cc(=O)[nH]c2ccccc12. The van der Waals surface area contributed by atoms with Gasteiger partial charge in [0.2, 0.25) is 5.56 Å². The summed E-state index contributed by atoms with van der Waals surface area (Å²) in [5.41, 5.74) is 0.666. The van der Waals surface area contributed by atoms with Crippen LogP contribution in [0.3, 0.4) is 0 Å². The van der Waals surface area contributed by atoms with Crippen molar-refractivity contribution in [2.24, 2.45) is 0 Å². The molecule has 1 heterocycles. The standard InChI is InChI=1S/C15H14N2O2/c1-3-10(4-2)16-15(19)12-9-14(18)17-13-8-6-5-7-11(12)13/h1,5-10H,4H2,2H3,(H,16,19)(H,17,18). The molecule has 2 rings (SSSR count). The molecule has 19 heavy (non-hydrogen) atoms. The van der Waals surface area contributed by atoms with Crippen molar-refractivity contribution in [3.8, 4) is 12.3 Å². The molecule has 1 atom stereocenters. The Balaban J connectivity index is 2.48. The fourth-order valence-corrected chi connectivity index (χ4v) is 1.89. The Hall–Kier alpha value is -2.54. The third-order valence-corrected chi connectivity index (χ3v) is 2.91. The van der Waals surface area contributed by atoms with E-state index in [1.54, 1.807) is 18.2 Å². The number of carbonyl (C=O) groups is 1. The van der Waals surface area contributed by atoms with Crippen LogP contribution in [-0.4, -0.2) is 16.9 Å². The van der Waals surface area contributed by atoms with Crippen molar-refractivity contribution >= 4 is 16.8 Å². The molecule has 0 aliphatic heterocycles. The molecule has 96 valence electrons. The topological polar surface area (TPSA) is 62.0 Å². The molecule has 4 nitrogen and oxygen atoms in total. The van der Waals surface area contributed by atoms with Crippen LogP contribution in [0.1, 0.15) is 23.7 Å².